The second-order valence-corrected chi connectivity index (χ2v) is 5.15. The van der Waals surface area contributed by atoms with Gasteiger partial charge < -0.3 is 5.32 Å². The van der Waals surface area contributed by atoms with Gasteiger partial charge in [-0.15, -0.1) is 10.2 Å². The van der Waals surface area contributed by atoms with Crippen LogP contribution in [0.4, 0.5) is 5.13 Å². The standard InChI is InChI=1S/C11H22N4S/c1-5-7-9(3)15(4)8-10-13-14-11(16-10)12-6-2/h9H,5-8H2,1-4H3,(H,12,14). The van der Waals surface area contributed by atoms with Gasteiger partial charge in [0.05, 0.1) is 6.54 Å². The lowest BCUT2D eigenvalue weighted by Crippen LogP contribution is -2.28. The second kappa shape index (κ2) is 6.81. The van der Waals surface area contributed by atoms with Crippen molar-refractivity contribution >= 4 is 16.5 Å². The molecule has 16 heavy (non-hydrogen) atoms. The number of hydrogen-bond acceptors (Lipinski definition) is 5. The molecule has 4 nitrogen and oxygen atoms in total. The quantitative estimate of drug-likeness (QED) is 0.798. The number of rotatable bonds is 7. The zero-order valence-corrected chi connectivity index (χ0v) is 11.5. The summed E-state index contributed by atoms with van der Waals surface area (Å²) in [5.41, 5.74) is 0. The summed E-state index contributed by atoms with van der Waals surface area (Å²) in [5, 5.41) is 13.5. The van der Waals surface area contributed by atoms with Gasteiger partial charge in [0.2, 0.25) is 5.13 Å². The zero-order chi connectivity index (χ0) is 12.0. The number of hydrogen-bond donors (Lipinski definition) is 1. The van der Waals surface area contributed by atoms with Gasteiger partial charge in [0.15, 0.2) is 0 Å². The van der Waals surface area contributed by atoms with Crippen molar-refractivity contribution < 1.29 is 0 Å². The molecule has 0 radical (unpaired) electrons. The van der Waals surface area contributed by atoms with E-state index >= 15 is 0 Å². The number of nitrogens with zero attached hydrogens (tertiary/aromatic N) is 3. The maximum absolute atomic E-state index is 4.18. The summed E-state index contributed by atoms with van der Waals surface area (Å²) in [6.45, 7) is 8.34. The van der Waals surface area contributed by atoms with Crippen molar-refractivity contribution in [2.45, 2.75) is 46.2 Å². The smallest absolute Gasteiger partial charge is 0.205 e. The van der Waals surface area contributed by atoms with E-state index in [2.05, 4.69) is 48.2 Å². The van der Waals surface area contributed by atoms with Crippen molar-refractivity contribution in [3.8, 4) is 0 Å². The van der Waals surface area contributed by atoms with Gasteiger partial charge in [-0.25, -0.2) is 0 Å². The van der Waals surface area contributed by atoms with Crippen LogP contribution in [0.25, 0.3) is 0 Å². The molecule has 5 heteroatoms. The fourth-order valence-corrected chi connectivity index (χ4v) is 2.42. The van der Waals surface area contributed by atoms with Crippen molar-refractivity contribution in [2.24, 2.45) is 0 Å². The molecule has 1 N–H and O–H groups in total. The first-order chi connectivity index (χ1) is 7.67. The average molecular weight is 242 g/mol. The molecule has 1 aromatic rings. The minimum Gasteiger partial charge on any atom is -0.360 e. The molecule has 1 atom stereocenters. The number of anilines is 1. The largest absolute Gasteiger partial charge is 0.360 e. The van der Waals surface area contributed by atoms with Crippen LogP contribution in [0.1, 0.15) is 38.6 Å². The van der Waals surface area contributed by atoms with Gasteiger partial charge in [-0.1, -0.05) is 24.7 Å². The molecule has 1 aromatic heterocycles. The summed E-state index contributed by atoms with van der Waals surface area (Å²) in [6.07, 6.45) is 2.46. The van der Waals surface area contributed by atoms with Crippen LogP contribution in [-0.2, 0) is 6.54 Å². The molecular formula is C11H22N4S. The van der Waals surface area contributed by atoms with Crippen LogP contribution in [0.15, 0.2) is 0 Å². The normalized spacial score (nSPS) is 13.1. The van der Waals surface area contributed by atoms with Crippen molar-refractivity contribution in [3.05, 3.63) is 5.01 Å². The van der Waals surface area contributed by atoms with Gasteiger partial charge in [0.25, 0.3) is 0 Å². The van der Waals surface area contributed by atoms with Gasteiger partial charge in [-0.05, 0) is 27.3 Å². The monoisotopic (exact) mass is 242 g/mol. The van der Waals surface area contributed by atoms with Crippen LogP contribution in [-0.4, -0.2) is 34.7 Å². The van der Waals surface area contributed by atoms with E-state index in [-0.39, 0.29) is 0 Å². The molecule has 0 aliphatic carbocycles. The lowest BCUT2D eigenvalue weighted by molar-refractivity contribution is 0.236. The summed E-state index contributed by atoms with van der Waals surface area (Å²) in [4.78, 5) is 2.33. The van der Waals surface area contributed by atoms with Gasteiger partial charge in [0, 0.05) is 12.6 Å². The highest BCUT2D eigenvalue weighted by Crippen LogP contribution is 2.17. The summed E-state index contributed by atoms with van der Waals surface area (Å²) in [5.74, 6) is 0. The van der Waals surface area contributed by atoms with Gasteiger partial charge in [-0.2, -0.15) is 0 Å². The molecule has 0 aliphatic rings. The van der Waals surface area contributed by atoms with E-state index in [1.165, 1.54) is 12.8 Å². The molecule has 0 aliphatic heterocycles. The van der Waals surface area contributed by atoms with Crippen molar-refractivity contribution in [1.82, 2.24) is 15.1 Å². The predicted molar refractivity (Wildman–Crippen MR) is 69.9 cm³/mol. The fourth-order valence-electron chi connectivity index (χ4n) is 1.55. The van der Waals surface area contributed by atoms with Gasteiger partial charge in [0.1, 0.15) is 5.01 Å². The molecule has 0 saturated carbocycles. The summed E-state index contributed by atoms with van der Waals surface area (Å²) in [7, 11) is 2.15. The highest BCUT2D eigenvalue weighted by Gasteiger charge is 2.11. The van der Waals surface area contributed by atoms with E-state index in [9.17, 15) is 0 Å². The average Bonchev–Trinajstić information content (AvgIpc) is 2.66. The van der Waals surface area contributed by atoms with Crippen LogP contribution < -0.4 is 5.32 Å². The third kappa shape index (κ3) is 4.06. The van der Waals surface area contributed by atoms with E-state index in [0.29, 0.717) is 6.04 Å². The first-order valence-corrected chi connectivity index (χ1v) is 6.75. The zero-order valence-electron chi connectivity index (χ0n) is 10.7. The highest BCUT2D eigenvalue weighted by molar-refractivity contribution is 7.15. The van der Waals surface area contributed by atoms with Crippen LogP contribution in [0.2, 0.25) is 0 Å². The Hall–Kier alpha value is -0.680. The molecular weight excluding hydrogens is 220 g/mol. The molecule has 0 fully saturated rings. The Morgan fingerprint density at radius 1 is 1.38 bits per heavy atom. The van der Waals surface area contributed by atoms with Crippen LogP contribution >= 0.6 is 11.3 Å². The van der Waals surface area contributed by atoms with Crippen molar-refractivity contribution in [3.63, 3.8) is 0 Å². The Morgan fingerprint density at radius 2 is 2.12 bits per heavy atom. The van der Waals surface area contributed by atoms with Gasteiger partial charge >= 0.3 is 0 Å². The Balaban J connectivity index is 2.45. The Morgan fingerprint density at radius 3 is 2.75 bits per heavy atom. The highest BCUT2D eigenvalue weighted by atomic mass is 32.1. The SMILES string of the molecule is CCCC(C)N(C)Cc1nnc(NCC)s1. The predicted octanol–water partition coefficient (Wildman–Crippen LogP) is 2.59. The maximum atomic E-state index is 4.18. The van der Waals surface area contributed by atoms with E-state index in [1.54, 1.807) is 11.3 Å². The number of nitrogens with one attached hydrogen (secondary N) is 1. The molecule has 1 heterocycles. The Kier molecular flexibility index (Phi) is 5.69. The third-order valence-corrected chi connectivity index (χ3v) is 3.50. The lowest BCUT2D eigenvalue weighted by Gasteiger charge is -2.22. The van der Waals surface area contributed by atoms with E-state index in [1.807, 2.05) is 0 Å². The Bertz CT molecular complexity index is 300. The van der Waals surface area contributed by atoms with Crippen molar-refractivity contribution in [2.75, 3.05) is 18.9 Å². The first kappa shape index (κ1) is 13.4. The number of aromatic nitrogens is 2. The van der Waals surface area contributed by atoms with Crippen LogP contribution in [0, 0.1) is 0 Å². The molecule has 0 saturated heterocycles. The van der Waals surface area contributed by atoms with E-state index in [0.717, 1.165) is 23.2 Å². The minimum atomic E-state index is 0.608. The lowest BCUT2D eigenvalue weighted by atomic mass is 10.2. The van der Waals surface area contributed by atoms with E-state index < -0.39 is 0 Å². The minimum absolute atomic E-state index is 0.608. The molecule has 1 rings (SSSR count). The fraction of sp³-hybridized carbons (Fsp3) is 0.818. The summed E-state index contributed by atoms with van der Waals surface area (Å²) in [6, 6.07) is 0.608. The summed E-state index contributed by atoms with van der Waals surface area (Å²) >= 11 is 1.65. The molecule has 1 unspecified atom stereocenters. The first-order valence-electron chi connectivity index (χ1n) is 5.93. The second-order valence-electron chi connectivity index (χ2n) is 4.08. The van der Waals surface area contributed by atoms with E-state index in [4.69, 9.17) is 0 Å². The van der Waals surface area contributed by atoms with Crippen LogP contribution in [0.3, 0.4) is 0 Å². The maximum Gasteiger partial charge on any atom is 0.205 e. The molecule has 0 amide bonds. The Labute approximate surface area is 102 Å². The molecule has 0 bridgehead atoms. The molecule has 0 spiro atoms. The molecule has 0 aromatic carbocycles. The molecule has 92 valence electrons. The third-order valence-electron chi connectivity index (χ3n) is 2.64. The van der Waals surface area contributed by atoms with Gasteiger partial charge in [-0.3, -0.25) is 4.90 Å². The van der Waals surface area contributed by atoms with Crippen LogP contribution in [0.5, 0.6) is 0 Å². The topological polar surface area (TPSA) is 41.1 Å². The van der Waals surface area contributed by atoms with Crippen molar-refractivity contribution in [1.29, 1.82) is 0 Å². The summed E-state index contributed by atoms with van der Waals surface area (Å²) < 4.78 is 0.